The van der Waals surface area contributed by atoms with Crippen LogP contribution in [0.5, 0.6) is 0 Å². The van der Waals surface area contributed by atoms with Crippen LogP contribution in [-0.2, 0) is 0 Å². The largest absolute Gasteiger partial charge is 0.339 e. The summed E-state index contributed by atoms with van der Waals surface area (Å²) in [5, 5.41) is 0. The van der Waals surface area contributed by atoms with Crippen LogP contribution < -0.4 is 0 Å². The molecule has 0 spiro atoms. The number of hydrogen-bond donors (Lipinski definition) is 0. The maximum absolute atomic E-state index is 12.9. The standard InChI is InChI=1S/C28H26N2O/c31-28(29-20-8-3-9-21-29)24-14-16-25(17-15-24)30-26(22-10-4-1-5-11-22)18-19-27(30)23-12-6-2-7-13-23/h1-2,4-7,10-19H,3,8-9,20-21H2. The van der Waals surface area contributed by atoms with Crippen LogP contribution >= 0.6 is 0 Å². The molecule has 3 aromatic carbocycles. The molecule has 0 atom stereocenters. The van der Waals surface area contributed by atoms with Crippen molar-refractivity contribution in [1.82, 2.24) is 9.47 Å². The number of likely N-dealkylation sites (tertiary alicyclic amines) is 1. The topological polar surface area (TPSA) is 25.2 Å². The zero-order chi connectivity index (χ0) is 21.0. The average Bonchev–Trinajstić information content (AvgIpc) is 3.30. The molecule has 1 aromatic heterocycles. The summed E-state index contributed by atoms with van der Waals surface area (Å²) in [6.07, 6.45) is 3.43. The van der Waals surface area contributed by atoms with Crippen LogP contribution in [0.2, 0.25) is 0 Å². The van der Waals surface area contributed by atoms with Crippen molar-refractivity contribution in [2.75, 3.05) is 13.1 Å². The summed E-state index contributed by atoms with van der Waals surface area (Å²) in [5.74, 6) is 0.144. The number of carbonyl (C=O) groups excluding carboxylic acids is 1. The lowest BCUT2D eigenvalue weighted by atomic mass is 10.1. The van der Waals surface area contributed by atoms with Gasteiger partial charge in [0.15, 0.2) is 0 Å². The van der Waals surface area contributed by atoms with Gasteiger partial charge < -0.3 is 9.47 Å². The number of aromatic nitrogens is 1. The molecule has 0 saturated carbocycles. The SMILES string of the molecule is O=C(c1ccc(-n2c(-c3ccccc3)ccc2-c2ccccc2)cc1)N1CCCCC1. The van der Waals surface area contributed by atoms with E-state index in [2.05, 4.69) is 77.4 Å². The van der Waals surface area contributed by atoms with Gasteiger partial charge in [-0.15, -0.1) is 0 Å². The minimum Gasteiger partial charge on any atom is -0.339 e. The molecule has 1 aliphatic heterocycles. The van der Waals surface area contributed by atoms with E-state index in [4.69, 9.17) is 0 Å². The predicted molar refractivity (Wildman–Crippen MR) is 126 cm³/mol. The predicted octanol–water partition coefficient (Wildman–Crippen LogP) is 6.44. The van der Waals surface area contributed by atoms with E-state index in [0.717, 1.165) is 59.7 Å². The Morgan fingerprint density at radius 3 is 1.61 bits per heavy atom. The highest BCUT2D eigenvalue weighted by Gasteiger charge is 2.19. The van der Waals surface area contributed by atoms with Crippen molar-refractivity contribution in [3.05, 3.63) is 103 Å². The molecule has 0 N–H and O–H groups in total. The summed E-state index contributed by atoms with van der Waals surface area (Å²) in [6, 6.07) is 33.3. The van der Waals surface area contributed by atoms with Crippen LogP contribution in [0.4, 0.5) is 0 Å². The van der Waals surface area contributed by atoms with Crippen LogP contribution in [-0.4, -0.2) is 28.5 Å². The highest BCUT2D eigenvalue weighted by atomic mass is 16.2. The molecule has 5 rings (SSSR count). The number of rotatable bonds is 4. The maximum atomic E-state index is 12.9. The smallest absolute Gasteiger partial charge is 0.253 e. The van der Waals surface area contributed by atoms with Gasteiger partial charge in [-0.25, -0.2) is 0 Å². The summed E-state index contributed by atoms with van der Waals surface area (Å²) in [6.45, 7) is 1.74. The van der Waals surface area contributed by atoms with Crippen LogP contribution in [0.3, 0.4) is 0 Å². The van der Waals surface area contributed by atoms with E-state index < -0.39 is 0 Å². The molecular formula is C28H26N2O. The van der Waals surface area contributed by atoms with E-state index in [9.17, 15) is 4.79 Å². The Morgan fingerprint density at radius 1 is 0.581 bits per heavy atom. The van der Waals surface area contributed by atoms with Crippen molar-refractivity contribution >= 4 is 5.91 Å². The molecule has 0 aliphatic carbocycles. The van der Waals surface area contributed by atoms with Crippen molar-refractivity contribution < 1.29 is 4.79 Å². The van der Waals surface area contributed by atoms with Gasteiger partial charge in [-0.2, -0.15) is 0 Å². The third-order valence-corrected chi connectivity index (χ3v) is 6.04. The van der Waals surface area contributed by atoms with Gasteiger partial charge in [-0.1, -0.05) is 60.7 Å². The van der Waals surface area contributed by atoms with Gasteiger partial charge >= 0.3 is 0 Å². The molecule has 0 bridgehead atoms. The Balaban J connectivity index is 1.55. The van der Waals surface area contributed by atoms with Gasteiger partial charge in [0.2, 0.25) is 0 Å². The van der Waals surface area contributed by atoms with Crippen LogP contribution in [0.15, 0.2) is 97.1 Å². The quantitative estimate of drug-likeness (QED) is 0.383. The molecular weight excluding hydrogens is 380 g/mol. The molecule has 2 heterocycles. The lowest BCUT2D eigenvalue weighted by Crippen LogP contribution is -2.35. The Labute approximate surface area is 183 Å². The molecule has 1 aliphatic rings. The van der Waals surface area contributed by atoms with Crippen molar-refractivity contribution in [2.45, 2.75) is 19.3 Å². The van der Waals surface area contributed by atoms with E-state index in [1.165, 1.54) is 6.42 Å². The molecule has 0 unspecified atom stereocenters. The number of carbonyl (C=O) groups is 1. The third-order valence-electron chi connectivity index (χ3n) is 6.04. The Kier molecular flexibility index (Phi) is 5.40. The fourth-order valence-corrected chi connectivity index (χ4v) is 4.42. The first kappa shape index (κ1) is 19.4. The summed E-state index contributed by atoms with van der Waals surface area (Å²) < 4.78 is 2.28. The van der Waals surface area contributed by atoms with Gasteiger partial charge in [0.25, 0.3) is 5.91 Å². The van der Waals surface area contributed by atoms with Gasteiger partial charge in [0.1, 0.15) is 0 Å². The van der Waals surface area contributed by atoms with Gasteiger partial charge in [-0.05, 0) is 66.8 Å². The highest BCUT2D eigenvalue weighted by Crippen LogP contribution is 2.32. The zero-order valence-electron chi connectivity index (χ0n) is 17.6. The average molecular weight is 407 g/mol. The van der Waals surface area contributed by atoms with Crippen LogP contribution in [0.25, 0.3) is 28.2 Å². The summed E-state index contributed by atoms with van der Waals surface area (Å²) in [5.41, 5.74) is 6.42. The second-order valence-electron chi connectivity index (χ2n) is 8.07. The molecule has 1 amide bonds. The molecule has 0 radical (unpaired) electrons. The van der Waals surface area contributed by atoms with Gasteiger partial charge in [0.05, 0.1) is 11.4 Å². The first-order valence-electron chi connectivity index (χ1n) is 11.0. The fourth-order valence-electron chi connectivity index (χ4n) is 4.42. The highest BCUT2D eigenvalue weighted by molar-refractivity contribution is 5.94. The lowest BCUT2D eigenvalue weighted by Gasteiger charge is -2.26. The first-order chi connectivity index (χ1) is 15.3. The lowest BCUT2D eigenvalue weighted by molar-refractivity contribution is 0.0724. The van der Waals surface area contributed by atoms with Gasteiger partial charge in [0, 0.05) is 24.3 Å². The van der Waals surface area contributed by atoms with Crippen molar-refractivity contribution in [2.24, 2.45) is 0 Å². The minimum absolute atomic E-state index is 0.144. The van der Waals surface area contributed by atoms with Crippen molar-refractivity contribution in [3.63, 3.8) is 0 Å². The monoisotopic (exact) mass is 406 g/mol. The summed E-state index contributed by atoms with van der Waals surface area (Å²) >= 11 is 0. The molecule has 3 nitrogen and oxygen atoms in total. The second kappa shape index (κ2) is 8.65. The van der Waals surface area contributed by atoms with Crippen molar-refractivity contribution in [3.8, 4) is 28.2 Å². The van der Waals surface area contributed by atoms with Gasteiger partial charge in [-0.3, -0.25) is 4.79 Å². The van der Waals surface area contributed by atoms with E-state index in [1.54, 1.807) is 0 Å². The summed E-state index contributed by atoms with van der Waals surface area (Å²) in [4.78, 5) is 14.9. The van der Waals surface area contributed by atoms with Crippen molar-refractivity contribution in [1.29, 1.82) is 0 Å². The summed E-state index contributed by atoms with van der Waals surface area (Å²) in [7, 11) is 0. The first-order valence-corrected chi connectivity index (χ1v) is 11.0. The molecule has 4 aromatic rings. The number of benzene rings is 3. The third kappa shape index (κ3) is 3.91. The van der Waals surface area contributed by atoms with E-state index in [0.29, 0.717) is 0 Å². The molecule has 31 heavy (non-hydrogen) atoms. The van der Waals surface area contributed by atoms with E-state index in [1.807, 2.05) is 29.2 Å². The number of amides is 1. The fraction of sp³-hybridized carbons (Fsp3) is 0.179. The number of piperidine rings is 1. The Hall–Kier alpha value is -3.59. The molecule has 1 fully saturated rings. The normalized spacial score (nSPS) is 13.9. The van der Waals surface area contributed by atoms with Crippen LogP contribution in [0, 0.1) is 0 Å². The number of nitrogens with zero attached hydrogens (tertiary/aromatic N) is 2. The van der Waals surface area contributed by atoms with E-state index in [-0.39, 0.29) is 5.91 Å². The maximum Gasteiger partial charge on any atom is 0.253 e. The molecule has 1 saturated heterocycles. The minimum atomic E-state index is 0.144. The molecule has 3 heteroatoms. The molecule has 154 valence electrons. The Morgan fingerprint density at radius 2 is 1.10 bits per heavy atom. The van der Waals surface area contributed by atoms with E-state index >= 15 is 0 Å². The zero-order valence-corrected chi connectivity index (χ0v) is 17.6. The Bertz CT molecular complexity index is 1100. The second-order valence-corrected chi connectivity index (χ2v) is 8.07. The number of hydrogen-bond acceptors (Lipinski definition) is 1. The van der Waals surface area contributed by atoms with Crippen LogP contribution in [0.1, 0.15) is 29.6 Å².